The minimum Gasteiger partial charge on any atom is -0.364 e. The van der Waals surface area contributed by atoms with Gasteiger partial charge in [0.1, 0.15) is 5.82 Å². The number of nitrogens with zero attached hydrogens (tertiary/aromatic N) is 2. The van der Waals surface area contributed by atoms with Gasteiger partial charge in [-0.1, -0.05) is 12.1 Å². The summed E-state index contributed by atoms with van der Waals surface area (Å²) >= 11 is 0. The number of pyridine rings is 1. The van der Waals surface area contributed by atoms with E-state index in [9.17, 15) is 4.79 Å². The molecule has 0 aliphatic carbocycles. The van der Waals surface area contributed by atoms with E-state index < -0.39 is 0 Å². The van der Waals surface area contributed by atoms with Gasteiger partial charge in [-0.05, 0) is 18.6 Å². The van der Waals surface area contributed by atoms with E-state index in [-0.39, 0.29) is 5.43 Å². The Morgan fingerprint density at radius 1 is 1.40 bits per heavy atom. The molecule has 0 unspecified atom stereocenters. The lowest BCUT2D eigenvalue weighted by atomic mass is 10.2. The van der Waals surface area contributed by atoms with Crippen molar-refractivity contribution in [2.75, 3.05) is 0 Å². The van der Waals surface area contributed by atoms with Crippen LogP contribution in [-0.2, 0) is 13.6 Å². The molecule has 5 heteroatoms. The largest absolute Gasteiger partial charge is 0.364 e. The summed E-state index contributed by atoms with van der Waals surface area (Å²) in [4.78, 5) is 19.8. The van der Waals surface area contributed by atoms with Crippen LogP contribution in [0.15, 0.2) is 35.3 Å². The number of hydrogen-bond donors (Lipinski definition) is 2. The fraction of sp³-hybridized carbons (Fsp3) is 0.200. The average molecular weight is 268 g/mol. The van der Waals surface area contributed by atoms with Crippen molar-refractivity contribution in [2.24, 2.45) is 12.8 Å². The lowest BCUT2D eigenvalue weighted by Gasteiger charge is -2.02. The summed E-state index contributed by atoms with van der Waals surface area (Å²) in [6.07, 6.45) is 1.71. The van der Waals surface area contributed by atoms with Crippen molar-refractivity contribution in [3.05, 3.63) is 51.9 Å². The van der Waals surface area contributed by atoms with Gasteiger partial charge in [-0.3, -0.25) is 4.79 Å². The first-order valence-electron chi connectivity index (χ1n) is 6.46. The van der Waals surface area contributed by atoms with Crippen LogP contribution in [0.25, 0.3) is 22.4 Å². The van der Waals surface area contributed by atoms with Gasteiger partial charge < -0.3 is 15.3 Å². The maximum Gasteiger partial charge on any atom is 0.192 e. The predicted octanol–water partition coefficient (Wildman–Crippen LogP) is 1.70. The predicted molar refractivity (Wildman–Crippen MR) is 79.4 cm³/mol. The maximum atomic E-state index is 12.1. The number of rotatable bonds is 2. The Balaban J connectivity index is 2.32. The fourth-order valence-corrected chi connectivity index (χ4v) is 2.43. The normalized spacial score (nSPS) is 11.2. The van der Waals surface area contributed by atoms with Gasteiger partial charge in [-0.25, -0.2) is 4.98 Å². The van der Waals surface area contributed by atoms with Crippen molar-refractivity contribution in [3.8, 4) is 11.4 Å². The maximum absolute atomic E-state index is 12.1. The summed E-state index contributed by atoms with van der Waals surface area (Å²) < 4.78 is 1.92. The molecule has 0 aliphatic rings. The number of aromatic amines is 1. The van der Waals surface area contributed by atoms with E-state index >= 15 is 0 Å². The van der Waals surface area contributed by atoms with Gasteiger partial charge in [-0.15, -0.1) is 0 Å². The van der Waals surface area contributed by atoms with E-state index in [2.05, 4.69) is 9.97 Å². The summed E-state index contributed by atoms with van der Waals surface area (Å²) in [7, 11) is 1.91. The van der Waals surface area contributed by atoms with Crippen molar-refractivity contribution in [1.82, 2.24) is 14.5 Å². The summed E-state index contributed by atoms with van der Waals surface area (Å²) in [6, 6.07) is 7.47. The summed E-state index contributed by atoms with van der Waals surface area (Å²) in [5.41, 5.74) is 9.92. The highest BCUT2D eigenvalue weighted by Gasteiger charge is 2.14. The van der Waals surface area contributed by atoms with Crippen LogP contribution in [0.5, 0.6) is 0 Å². The number of nitrogens with two attached hydrogens (primary N) is 1. The van der Waals surface area contributed by atoms with Crippen molar-refractivity contribution in [2.45, 2.75) is 13.5 Å². The zero-order valence-corrected chi connectivity index (χ0v) is 11.5. The van der Waals surface area contributed by atoms with Crippen molar-refractivity contribution in [3.63, 3.8) is 0 Å². The van der Waals surface area contributed by atoms with Crippen LogP contribution in [0.4, 0.5) is 0 Å². The van der Waals surface area contributed by atoms with Crippen LogP contribution in [0, 0.1) is 6.92 Å². The van der Waals surface area contributed by atoms with E-state index in [0.717, 1.165) is 22.3 Å². The molecule has 102 valence electrons. The van der Waals surface area contributed by atoms with Crippen molar-refractivity contribution >= 4 is 11.0 Å². The van der Waals surface area contributed by atoms with E-state index in [0.29, 0.717) is 17.9 Å². The van der Waals surface area contributed by atoms with Crippen molar-refractivity contribution < 1.29 is 0 Å². The highest BCUT2D eigenvalue weighted by molar-refractivity contribution is 5.83. The van der Waals surface area contributed by atoms with Gasteiger partial charge in [0.15, 0.2) is 5.43 Å². The molecule has 0 aliphatic heterocycles. The van der Waals surface area contributed by atoms with Crippen LogP contribution in [0.2, 0.25) is 0 Å². The minimum atomic E-state index is -0.0334. The molecule has 0 atom stereocenters. The lowest BCUT2D eigenvalue weighted by Crippen LogP contribution is -2.08. The van der Waals surface area contributed by atoms with Crippen LogP contribution >= 0.6 is 0 Å². The molecular formula is C15H16N4O. The van der Waals surface area contributed by atoms with Gasteiger partial charge in [0, 0.05) is 31.5 Å². The lowest BCUT2D eigenvalue weighted by molar-refractivity contribution is 0.954. The van der Waals surface area contributed by atoms with Crippen LogP contribution in [0.3, 0.4) is 0 Å². The van der Waals surface area contributed by atoms with Gasteiger partial charge in [0.25, 0.3) is 0 Å². The molecule has 0 radical (unpaired) electrons. The highest BCUT2D eigenvalue weighted by atomic mass is 16.1. The Kier molecular flexibility index (Phi) is 2.91. The van der Waals surface area contributed by atoms with E-state index in [1.165, 1.54) is 0 Å². The molecule has 2 aromatic heterocycles. The number of para-hydroxylation sites is 1. The Morgan fingerprint density at radius 2 is 2.20 bits per heavy atom. The third-order valence-corrected chi connectivity index (χ3v) is 3.51. The quantitative estimate of drug-likeness (QED) is 0.742. The number of H-pyrrole nitrogens is 1. The number of aryl methyl sites for hydroxylation is 2. The SMILES string of the molecule is Cc1cc(=O)c(-c2nc3c(CN)cccc3n2C)c[nH]1. The third-order valence-electron chi connectivity index (χ3n) is 3.51. The van der Waals surface area contributed by atoms with E-state index in [1.807, 2.05) is 36.7 Å². The second-order valence-electron chi connectivity index (χ2n) is 4.88. The Labute approximate surface area is 116 Å². The zero-order valence-electron chi connectivity index (χ0n) is 11.5. The Bertz CT molecular complexity index is 845. The average Bonchev–Trinajstić information content (AvgIpc) is 2.76. The molecule has 0 bridgehead atoms. The number of hydrogen-bond acceptors (Lipinski definition) is 3. The smallest absolute Gasteiger partial charge is 0.192 e. The number of fused-ring (bicyclic) bond motifs is 1. The number of nitrogens with one attached hydrogen (secondary N) is 1. The number of aromatic nitrogens is 3. The third kappa shape index (κ3) is 1.83. The van der Waals surface area contributed by atoms with Gasteiger partial charge in [0.2, 0.25) is 0 Å². The molecule has 3 rings (SSSR count). The molecule has 3 N–H and O–H groups in total. The first kappa shape index (κ1) is 12.6. The molecular weight excluding hydrogens is 252 g/mol. The Hall–Kier alpha value is -2.40. The second-order valence-corrected chi connectivity index (χ2v) is 4.88. The summed E-state index contributed by atoms with van der Waals surface area (Å²) in [6.45, 7) is 2.28. The molecule has 2 heterocycles. The summed E-state index contributed by atoms with van der Waals surface area (Å²) in [5.74, 6) is 0.655. The van der Waals surface area contributed by atoms with Crippen LogP contribution in [0.1, 0.15) is 11.3 Å². The van der Waals surface area contributed by atoms with E-state index in [1.54, 1.807) is 12.3 Å². The molecule has 5 nitrogen and oxygen atoms in total. The summed E-state index contributed by atoms with van der Waals surface area (Å²) in [5, 5.41) is 0. The number of benzene rings is 1. The highest BCUT2D eigenvalue weighted by Crippen LogP contribution is 2.23. The molecule has 3 aromatic rings. The first-order valence-corrected chi connectivity index (χ1v) is 6.46. The van der Waals surface area contributed by atoms with Gasteiger partial charge in [0.05, 0.1) is 16.6 Å². The van der Waals surface area contributed by atoms with Crippen LogP contribution in [-0.4, -0.2) is 14.5 Å². The molecule has 20 heavy (non-hydrogen) atoms. The molecule has 0 saturated heterocycles. The zero-order chi connectivity index (χ0) is 14.3. The number of imidazole rings is 1. The monoisotopic (exact) mass is 268 g/mol. The van der Waals surface area contributed by atoms with Crippen molar-refractivity contribution in [1.29, 1.82) is 0 Å². The topological polar surface area (TPSA) is 76.7 Å². The molecule has 0 spiro atoms. The first-order chi connectivity index (χ1) is 9.61. The van der Waals surface area contributed by atoms with Crippen LogP contribution < -0.4 is 11.2 Å². The minimum absolute atomic E-state index is 0.0334. The standard InChI is InChI=1S/C15H16N4O/c1-9-6-13(20)11(8-17-9)15-18-14-10(7-16)4-3-5-12(14)19(15)2/h3-6,8H,7,16H2,1-2H3,(H,17,20). The molecule has 1 aromatic carbocycles. The molecule has 0 saturated carbocycles. The van der Waals surface area contributed by atoms with E-state index in [4.69, 9.17) is 5.73 Å². The second kappa shape index (κ2) is 4.61. The van der Waals surface area contributed by atoms with Gasteiger partial charge in [-0.2, -0.15) is 0 Å². The fourth-order valence-electron chi connectivity index (χ4n) is 2.43. The molecule has 0 fully saturated rings. The van der Waals surface area contributed by atoms with Gasteiger partial charge >= 0.3 is 0 Å². The molecule has 0 amide bonds. The Morgan fingerprint density at radius 3 is 2.90 bits per heavy atom.